The first kappa shape index (κ1) is 12.9. The standard InChI is InChI=1S/C14H20N2O2/c1-3-11-5-7-16(13(8-11)14(17)18)12-4-6-15-9-10(12)2/h4,6,9,11,13H,3,5,7-8H2,1-2H3,(H,17,18). The summed E-state index contributed by atoms with van der Waals surface area (Å²) >= 11 is 0. The average Bonchev–Trinajstić information content (AvgIpc) is 2.38. The van der Waals surface area contributed by atoms with E-state index in [0.29, 0.717) is 5.92 Å². The van der Waals surface area contributed by atoms with Crippen molar-refractivity contribution in [2.45, 2.75) is 39.2 Å². The fraction of sp³-hybridized carbons (Fsp3) is 0.571. The van der Waals surface area contributed by atoms with Crippen LogP contribution >= 0.6 is 0 Å². The van der Waals surface area contributed by atoms with Gasteiger partial charge in [-0.3, -0.25) is 4.98 Å². The number of pyridine rings is 1. The van der Waals surface area contributed by atoms with Crippen LogP contribution in [0, 0.1) is 12.8 Å². The summed E-state index contributed by atoms with van der Waals surface area (Å²) in [5.41, 5.74) is 2.05. The summed E-state index contributed by atoms with van der Waals surface area (Å²) in [4.78, 5) is 17.5. The molecule has 1 saturated heterocycles. The quantitative estimate of drug-likeness (QED) is 0.892. The predicted octanol–water partition coefficient (Wildman–Crippen LogP) is 2.47. The minimum absolute atomic E-state index is 0.398. The number of nitrogens with zero attached hydrogens (tertiary/aromatic N) is 2. The molecule has 0 saturated carbocycles. The van der Waals surface area contributed by atoms with Crippen LogP contribution in [0.3, 0.4) is 0 Å². The largest absolute Gasteiger partial charge is 0.480 e. The minimum Gasteiger partial charge on any atom is -0.480 e. The second-order valence-corrected chi connectivity index (χ2v) is 5.01. The summed E-state index contributed by atoms with van der Waals surface area (Å²) in [6.07, 6.45) is 6.40. The van der Waals surface area contributed by atoms with Crippen LogP contribution in [0.15, 0.2) is 18.5 Å². The molecule has 18 heavy (non-hydrogen) atoms. The molecule has 98 valence electrons. The van der Waals surface area contributed by atoms with E-state index in [4.69, 9.17) is 0 Å². The molecule has 1 aromatic rings. The molecule has 0 aromatic carbocycles. The highest BCUT2D eigenvalue weighted by molar-refractivity contribution is 5.79. The maximum Gasteiger partial charge on any atom is 0.326 e. The summed E-state index contributed by atoms with van der Waals surface area (Å²) in [6, 6.07) is 1.52. The monoisotopic (exact) mass is 248 g/mol. The smallest absolute Gasteiger partial charge is 0.326 e. The second kappa shape index (κ2) is 5.38. The number of aliphatic carboxylic acids is 1. The Hall–Kier alpha value is -1.58. The zero-order chi connectivity index (χ0) is 13.1. The van der Waals surface area contributed by atoms with Crippen molar-refractivity contribution < 1.29 is 9.90 Å². The lowest BCUT2D eigenvalue weighted by atomic mass is 9.88. The molecule has 2 rings (SSSR count). The lowest BCUT2D eigenvalue weighted by molar-refractivity contribution is -0.139. The predicted molar refractivity (Wildman–Crippen MR) is 70.8 cm³/mol. The normalized spacial score (nSPS) is 24.0. The van der Waals surface area contributed by atoms with Crippen LogP contribution in [-0.4, -0.2) is 28.6 Å². The van der Waals surface area contributed by atoms with Crippen molar-refractivity contribution >= 4 is 11.7 Å². The van der Waals surface area contributed by atoms with Crippen LogP contribution in [0.4, 0.5) is 5.69 Å². The third-order valence-electron chi connectivity index (χ3n) is 3.87. The molecule has 2 unspecified atom stereocenters. The molecule has 1 aliphatic heterocycles. The molecule has 0 spiro atoms. The zero-order valence-corrected chi connectivity index (χ0v) is 11.0. The van der Waals surface area contributed by atoms with Gasteiger partial charge in [-0.2, -0.15) is 0 Å². The van der Waals surface area contributed by atoms with Gasteiger partial charge in [0.2, 0.25) is 0 Å². The molecule has 4 heteroatoms. The molecule has 1 aromatic heterocycles. The number of carbonyl (C=O) groups is 1. The number of aromatic nitrogens is 1. The van der Waals surface area contributed by atoms with Gasteiger partial charge in [0.25, 0.3) is 0 Å². The molecule has 1 aliphatic rings. The van der Waals surface area contributed by atoms with Crippen LogP contribution in [-0.2, 0) is 4.79 Å². The number of anilines is 1. The number of rotatable bonds is 3. The molecule has 1 N–H and O–H groups in total. The highest BCUT2D eigenvalue weighted by atomic mass is 16.4. The molecule has 2 heterocycles. The lowest BCUT2D eigenvalue weighted by Crippen LogP contribution is -2.47. The van der Waals surface area contributed by atoms with Crippen molar-refractivity contribution in [3.05, 3.63) is 24.0 Å². The van der Waals surface area contributed by atoms with E-state index in [2.05, 4.69) is 11.9 Å². The van der Waals surface area contributed by atoms with E-state index in [-0.39, 0.29) is 0 Å². The van der Waals surface area contributed by atoms with Crippen LogP contribution in [0.25, 0.3) is 0 Å². The van der Waals surface area contributed by atoms with Gasteiger partial charge in [-0.25, -0.2) is 4.79 Å². The van der Waals surface area contributed by atoms with Crippen molar-refractivity contribution in [2.75, 3.05) is 11.4 Å². The minimum atomic E-state index is -0.718. The van der Waals surface area contributed by atoms with Gasteiger partial charge in [-0.05, 0) is 37.3 Å². The number of piperidine rings is 1. The van der Waals surface area contributed by atoms with E-state index in [9.17, 15) is 9.90 Å². The van der Waals surface area contributed by atoms with Crippen LogP contribution < -0.4 is 4.90 Å². The molecule has 0 amide bonds. The van der Waals surface area contributed by atoms with Gasteiger partial charge in [-0.1, -0.05) is 13.3 Å². The fourth-order valence-electron chi connectivity index (χ4n) is 2.72. The molecule has 0 aliphatic carbocycles. The van der Waals surface area contributed by atoms with Gasteiger partial charge in [0.05, 0.1) is 0 Å². The summed E-state index contributed by atoms with van der Waals surface area (Å²) in [5, 5.41) is 9.42. The molecular formula is C14H20N2O2. The van der Waals surface area contributed by atoms with Gasteiger partial charge >= 0.3 is 5.97 Å². The molecule has 2 atom stereocenters. The number of aryl methyl sites for hydroxylation is 1. The Morgan fingerprint density at radius 3 is 3.00 bits per heavy atom. The summed E-state index contributed by atoms with van der Waals surface area (Å²) in [5.74, 6) is -0.186. The van der Waals surface area contributed by atoms with Crippen molar-refractivity contribution in [3.8, 4) is 0 Å². The van der Waals surface area contributed by atoms with E-state index in [0.717, 1.165) is 37.1 Å². The maximum absolute atomic E-state index is 11.5. The van der Waals surface area contributed by atoms with Gasteiger partial charge in [0, 0.05) is 24.6 Å². The first-order chi connectivity index (χ1) is 8.63. The number of hydrogen-bond donors (Lipinski definition) is 1. The molecular weight excluding hydrogens is 228 g/mol. The molecule has 4 nitrogen and oxygen atoms in total. The Bertz CT molecular complexity index is 434. The Morgan fingerprint density at radius 1 is 1.61 bits per heavy atom. The highest BCUT2D eigenvalue weighted by Crippen LogP contribution is 2.31. The highest BCUT2D eigenvalue weighted by Gasteiger charge is 2.33. The van der Waals surface area contributed by atoms with Crippen LogP contribution in [0.1, 0.15) is 31.7 Å². The third kappa shape index (κ3) is 2.47. The van der Waals surface area contributed by atoms with Gasteiger partial charge in [0.15, 0.2) is 0 Å². The Morgan fingerprint density at radius 2 is 2.39 bits per heavy atom. The molecule has 0 bridgehead atoms. The topological polar surface area (TPSA) is 53.4 Å². The van der Waals surface area contributed by atoms with Crippen molar-refractivity contribution in [3.63, 3.8) is 0 Å². The van der Waals surface area contributed by atoms with Crippen LogP contribution in [0.2, 0.25) is 0 Å². The van der Waals surface area contributed by atoms with Crippen molar-refractivity contribution in [2.24, 2.45) is 5.92 Å². The third-order valence-corrected chi connectivity index (χ3v) is 3.87. The number of carboxylic acid groups (broad SMARTS) is 1. The zero-order valence-electron chi connectivity index (χ0n) is 11.0. The second-order valence-electron chi connectivity index (χ2n) is 5.01. The van der Waals surface area contributed by atoms with E-state index < -0.39 is 12.0 Å². The Labute approximate surface area is 108 Å². The maximum atomic E-state index is 11.5. The van der Waals surface area contributed by atoms with Crippen LogP contribution in [0.5, 0.6) is 0 Å². The van der Waals surface area contributed by atoms with E-state index >= 15 is 0 Å². The van der Waals surface area contributed by atoms with Gasteiger partial charge in [-0.15, -0.1) is 0 Å². The summed E-state index contributed by atoms with van der Waals surface area (Å²) in [7, 11) is 0. The Balaban J connectivity index is 2.26. The van der Waals surface area contributed by atoms with Crippen molar-refractivity contribution in [1.82, 2.24) is 4.98 Å². The van der Waals surface area contributed by atoms with E-state index in [1.165, 1.54) is 0 Å². The summed E-state index contributed by atoms with van der Waals surface area (Å²) in [6.45, 7) is 4.93. The first-order valence-corrected chi connectivity index (χ1v) is 6.53. The SMILES string of the molecule is CCC1CCN(c2ccncc2C)C(C(=O)O)C1. The van der Waals surface area contributed by atoms with Gasteiger partial charge < -0.3 is 10.0 Å². The molecule has 0 radical (unpaired) electrons. The fourth-order valence-corrected chi connectivity index (χ4v) is 2.72. The van der Waals surface area contributed by atoms with E-state index in [1.807, 2.05) is 17.9 Å². The van der Waals surface area contributed by atoms with Gasteiger partial charge in [0.1, 0.15) is 6.04 Å². The molecule has 1 fully saturated rings. The van der Waals surface area contributed by atoms with E-state index in [1.54, 1.807) is 12.4 Å². The summed E-state index contributed by atoms with van der Waals surface area (Å²) < 4.78 is 0. The van der Waals surface area contributed by atoms with Crippen molar-refractivity contribution in [1.29, 1.82) is 0 Å². The number of carboxylic acids is 1. The average molecular weight is 248 g/mol. The number of hydrogen-bond acceptors (Lipinski definition) is 3. The first-order valence-electron chi connectivity index (χ1n) is 6.53. The Kier molecular flexibility index (Phi) is 3.84. The lowest BCUT2D eigenvalue weighted by Gasteiger charge is -2.39.